The molecule has 0 unspecified atom stereocenters. The monoisotopic (exact) mass is 301 g/mol. The lowest BCUT2D eigenvalue weighted by molar-refractivity contribution is 0.354. The van der Waals surface area contributed by atoms with Crippen molar-refractivity contribution in [1.82, 2.24) is 9.29 Å². The fraction of sp³-hybridized carbons (Fsp3) is 0.500. The van der Waals surface area contributed by atoms with Gasteiger partial charge in [0.15, 0.2) is 0 Å². The van der Waals surface area contributed by atoms with Crippen LogP contribution < -0.4 is 5.73 Å². The molecule has 0 aromatic carbocycles. The molecular weight excluding hydrogens is 282 g/mol. The van der Waals surface area contributed by atoms with Crippen LogP contribution in [0.25, 0.3) is 0 Å². The number of thiocarbonyl (C=S) groups is 1. The van der Waals surface area contributed by atoms with E-state index in [1.54, 1.807) is 0 Å². The molecule has 1 rings (SSSR count). The number of aromatic nitrogens is 1. The van der Waals surface area contributed by atoms with Crippen LogP contribution in [0.2, 0.25) is 0 Å². The van der Waals surface area contributed by atoms with Crippen molar-refractivity contribution in [3.8, 4) is 0 Å². The maximum absolute atomic E-state index is 12.5. The minimum atomic E-state index is -3.52. The number of sulfonamides is 1. The summed E-state index contributed by atoms with van der Waals surface area (Å²) < 4.78 is 26.4. The molecule has 0 saturated carbocycles. The largest absolute Gasteiger partial charge is 0.388 e. The molecule has 19 heavy (non-hydrogen) atoms. The summed E-state index contributed by atoms with van der Waals surface area (Å²) in [6, 6.07) is 2.92. The Hall–Kier alpha value is -1.05. The molecule has 1 aromatic rings. The molecule has 0 aliphatic rings. The van der Waals surface area contributed by atoms with Gasteiger partial charge in [-0.2, -0.15) is 4.31 Å². The molecule has 0 bridgehead atoms. The molecule has 106 valence electrons. The van der Waals surface area contributed by atoms with E-state index in [9.17, 15) is 8.42 Å². The molecule has 0 spiro atoms. The van der Waals surface area contributed by atoms with E-state index in [-0.39, 0.29) is 15.9 Å². The number of hydrogen-bond acceptors (Lipinski definition) is 4. The van der Waals surface area contributed by atoms with Crippen molar-refractivity contribution in [2.24, 2.45) is 5.73 Å². The molecule has 2 N–H and O–H groups in total. The average molecular weight is 301 g/mol. The second-order valence-electron chi connectivity index (χ2n) is 4.45. The Morgan fingerprint density at radius 3 is 2.47 bits per heavy atom. The third-order valence-corrected chi connectivity index (χ3v) is 4.88. The fourth-order valence-corrected chi connectivity index (χ4v) is 3.49. The topological polar surface area (TPSA) is 76.3 Å². The van der Waals surface area contributed by atoms with Gasteiger partial charge in [-0.25, -0.2) is 8.42 Å². The molecule has 7 heteroatoms. The van der Waals surface area contributed by atoms with Crippen molar-refractivity contribution in [3.05, 3.63) is 24.0 Å². The summed E-state index contributed by atoms with van der Waals surface area (Å²) in [7, 11) is -3.52. The Morgan fingerprint density at radius 1 is 1.47 bits per heavy atom. The Kier molecular flexibility index (Phi) is 5.39. The van der Waals surface area contributed by atoms with Gasteiger partial charge in [0, 0.05) is 18.8 Å². The SMILES string of the molecule is CCCN(C(C)C)S(=O)(=O)c1ccc(C(N)=S)nc1. The smallest absolute Gasteiger partial charge is 0.244 e. The van der Waals surface area contributed by atoms with Gasteiger partial charge >= 0.3 is 0 Å². The maximum Gasteiger partial charge on any atom is 0.244 e. The van der Waals surface area contributed by atoms with Crippen LogP contribution in [0, 0.1) is 0 Å². The first-order chi connectivity index (χ1) is 8.80. The second kappa shape index (κ2) is 6.40. The lowest BCUT2D eigenvalue weighted by Crippen LogP contribution is -2.37. The summed E-state index contributed by atoms with van der Waals surface area (Å²) >= 11 is 4.79. The Labute approximate surface area is 119 Å². The molecular formula is C12H19N3O2S2. The normalized spacial score (nSPS) is 12.1. The van der Waals surface area contributed by atoms with Crippen LogP contribution in [0.4, 0.5) is 0 Å². The van der Waals surface area contributed by atoms with E-state index in [1.807, 2.05) is 20.8 Å². The molecule has 5 nitrogen and oxygen atoms in total. The number of nitrogens with two attached hydrogens (primary N) is 1. The first-order valence-electron chi connectivity index (χ1n) is 6.08. The van der Waals surface area contributed by atoms with E-state index >= 15 is 0 Å². The lowest BCUT2D eigenvalue weighted by Gasteiger charge is -2.25. The number of rotatable bonds is 6. The van der Waals surface area contributed by atoms with Crippen LogP contribution in [0.3, 0.4) is 0 Å². The highest BCUT2D eigenvalue weighted by molar-refractivity contribution is 7.89. The van der Waals surface area contributed by atoms with Gasteiger partial charge in [-0.05, 0) is 32.4 Å². The van der Waals surface area contributed by atoms with Gasteiger partial charge in [0.1, 0.15) is 9.88 Å². The highest BCUT2D eigenvalue weighted by Gasteiger charge is 2.26. The second-order valence-corrected chi connectivity index (χ2v) is 6.78. The molecule has 1 aromatic heterocycles. The quantitative estimate of drug-likeness (QED) is 0.806. The van der Waals surface area contributed by atoms with Crippen molar-refractivity contribution in [1.29, 1.82) is 0 Å². The molecule has 0 radical (unpaired) electrons. The first kappa shape index (κ1) is 16.0. The fourth-order valence-electron chi connectivity index (χ4n) is 1.69. The lowest BCUT2D eigenvalue weighted by atomic mass is 10.3. The van der Waals surface area contributed by atoms with Crippen molar-refractivity contribution < 1.29 is 8.42 Å². The van der Waals surface area contributed by atoms with Crippen LogP contribution in [0.1, 0.15) is 32.9 Å². The third kappa shape index (κ3) is 3.71. The highest BCUT2D eigenvalue weighted by Crippen LogP contribution is 2.18. The predicted octanol–water partition coefficient (Wildman–Crippen LogP) is 1.52. The highest BCUT2D eigenvalue weighted by atomic mass is 32.2. The van der Waals surface area contributed by atoms with Gasteiger partial charge < -0.3 is 5.73 Å². The van der Waals surface area contributed by atoms with Crippen molar-refractivity contribution in [3.63, 3.8) is 0 Å². The Balaban J connectivity index is 3.14. The summed E-state index contributed by atoms with van der Waals surface area (Å²) in [6.45, 7) is 6.13. The van der Waals surface area contributed by atoms with Crippen molar-refractivity contribution in [2.45, 2.75) is 38.1 Å². The molecule has 0 saturated heterocycles. The summed E-state index contributed by atoms with van der Waals surface area (Å²) in [5.41, 5.74) is 5.85. The minimum Gasteiger partial charge on any atom is -0.388 e. The van der Waals surface area contributed by atoms with Crippen LogP contribution in [0.5, 0.6) is 0 Å². The van der Waals surface area contributed by atoms with Gasteiger partial charge in [-0.1, -0.05) is 19.1 Å². The number of pyridine rings is 1. The molecule has 0 atom stereocenters. The minimum absolute atomic E-state index is 0.0970. The summed E-state index contributed by atoms with van der Waals surface area (Å²) in [6.07, 6.45) is 2.06. The molecule has 0 fully saturated rings. The van der Waals surface area contributed by atoms with Gasteiger partial charge in [-0.15, -0.1) is 0 Å². The zero-order chi connectivity index (χ0) is 14.6. The van der Waals surface area contributed by atoms with Crippen LogP contribution in [0.15, 0.2) is 23.2 Å². The molecule has 0 amide bonds. The van der Waals surface area contributed by atoms with Crippen molar-refractivity contribution >= 4 is 27.2 Å². The van der Waals surface area contributed by atoms with Crippen LogP contribution in [-0.4, -0.2) is 35.3 Å². The predicted molar refractivity (Wildman–Crippen MR) is 79.4 cm³/mol. The van der Waals surface area contributed by atoms with E-state index in [4.69, 9.17) is 18.0 Å². The molecule has 1 heterocycles. The third-order valence-electron chi connectivity index (χ3n) is 2.62. The first-order valence-corrected chi connectivity index (χ1v) is 7.93. The number of hydrogen-bond donors (Lipinski definition) is 1. The summed E-state index contributed by atoms with van der Waals surface area (Å²) in [5.74, 6) is 0. The number of nitrogens with zero attached hydrogens (tertiary/aromatic N) is 2. The molecule has 0 aliphatic heterocycles. The zero-order valence-corrected chi connectivity index (χ0v) is 13.0. The van der Waals surface area contributed by atoms with Crippen LogP contribution in [-0.2, 0) is 10.0 Å². The van der Waals surface area contributed by atoms with E-state index in [0.717, 1.165) is 6.42 Å². The average Bonchev–Trinajstić information content (AvgIpc) is 2.35. The van der Waals surface area contributed by atoms with E-state index in [0.29, 0.717) is 12.2 Å². The zero-order valence-electron chi connectivity index (χ0n) is 11.3. The van der Waals surface area contributed by atoms with E-state index in [2.05, 4.69) is 4.98 Å². The van der Waals surface area contributed by atoms with E-state index < -0.39 is 10.0 Å². The van der Waals surface area contributed by atoms with Crippen molar-refractivity contribution in [2.75, 3.05) is 6.54 Å². The Bertz CT molecular complexity index is 539. The summed E-state index contributed by atoms with van der Waals surface area (Å²) in [4.78, 5) is 4.29. The maximum atomic E-state index is 12.5. The van der Waals surface area contributed by atoms with Gasteiger partial charge in [-0.3, -0.25) is 4.98 Å². The molecule has 0 aliphatic carbocycles. The Morgan fingerprint density at radius 2 is 2.11 bits per heavy atom. The van der Waals surface area contributed by atoms with Gasteiger partial charge in [0.25, 0.3) is 0 Å². The standard InChI is InChI=1S/C12H19N3O2S2/c1-4-7-15(9(2)3)19(16,17)10-5-6-11(12(13)18)14-8-10/h5-6,8-9H,4,7H2,1-3H3,(H2,13,18). The summed E-state index contributed by atoms with van der Waals surface area (Å²) in [5, 5.41) is 0. The van der Waals surface area contributed by atoms with Crippen LogP contribution >= 0.6 is 12.2 Å². The van der Waals surface area contributed by atoms with Gasteiger partial charge in [0.05, 0.1) is 5.69 Å². The van der Waals surface area contributed by atoms with Gasteiger partial charge in [0.2, 0.25) is 10.0 Å². The van der Waals surface area contributed by atoms with E-state index in [1.165, 1.54) is 22.6 Å².